The Labute approximate surface area is 169 Å². The second-order valence-corrected chi connectivity index (χ2v) is 6.67. The zero-order valence-corrected chi connectivity index (χ0v) is 16.3. The third-order valence-corrected chi connectivity index (χ3v) is 4.49. The van der Waals surface area contributed by atoms with Crippen molar-refractivity contribution in [3.63, 3.8) is 0 Å². The molecule has 0 aliphatic rings. The minimum Gasteiger partial charge on any atom is -0.467 e. The molecule has 29 heavy (non-hydrogen) atoms. The predicted molar refractivity (Wildman–Crippen MR) is 111 cm³/mol. The van der Waals surface area contributed by atoms with Gasteiger partial charge >= 0.3 is 5.97 Å². The molecule has 1 amide bonds. The van der Waals surface area contributed by atoms with E-state index in [9.17, 15) is 9.59 Å². The molecule has 1 heterocycles. The van der Waals surface area contributed by atoms with E-state index in [1.54, 1.807) is 30.5 Å². The number of esters is 1. The quantitative estimate of drug-likeness (QED) is 0.539. The Morgan fingerprint density at radius 2 is 1.76 bits per heavy atom. The highest BCUT2D eigenvalue weighted by atomic mass is 16.5. The lowest BCUT2D eigenvalue weighted by molar-refractivity contribution is -0.124. The molecule has 0 saturated carbocycles. The lowest BCUT2D eigenvalue weighted by atomic mass is 10.0. The molecule has 2 N–H and O–H groups in total. The maximum Gasteiger partial charge on any atom is 0.340 e. The number of carbonyl (C=O) groups is 2. The van der Waals surface area contributed by atoms with Crippen LogP contribution in [-0.4, -0.2) is 25.0 Å². The molecule has 3 rings (SSSR count). The molecule has 1 atom stereocenters. The summed E-state index contributed by atoms with van der Waals surface area (Å²) in [6.07, 6.45) is 1.59. The normalized spacial score (nSPS) is 11.5. The van der Waals surface area contributed by atoms with E-state index < -0.39 is 5.97 Å². The molecule has 150 valence electrons. The van der Waals surface area contributed by atoms with E-state index in [0.717, 1.165) is 11.3 Å². The first-order chi connectivity index (χ1) is 14.1. The largest absolute Gasteiger partial charge is 0.467 e. The third kappa shape index (κ3) is 5.97. The number of carbonyl (C=O) groups excluding carboxylic acids is 2. The summed E-state index contributed by atoms with van der Waals surface area (Å²) in [5, 5.41) is 5.95. The highest BCUT2D eigenvalue weighted by molar-refractivity contribution is 5.96. The van der Waals surface area contributed by atoms with Gasteiger partial charge in [-0.15, -0.1) is 0 Å². The lowest BCUT2D eigenvalue weighted by Crippen LogP contribution is -2.31. The molecule has 0 saturated heterocycles. The Bertz CT molecular complexity index is 923. The molecule has 2 aromatic carbocycles. The van der Waals surface area contributed by atoms with E-state index in [1.165, 1.54) is 0 Å². The molecule has 6 heteroatoms. The minimum absolute atomic E-state index is 0.169. The summed E-state index contributed by atoms with van der Waals surface area (Å²) in [4.78, 5) is 24.5. The molecule has 0 spiro atoms. The molecule has 0 aliphatic carbocycles. The summed E-state index contributed by atoms with van der Waals surface area (Å²) in [5.41, 5.74) is 2.12. The fourth-order valence-corrected chi connectivity index (χ4v) is 2.84. The summed E-state index contributed by atoms with van der Waals surface area (Å²) in [6.45, 7) is 2.62. The number of furan rings is 1. The van der Waals surface area contributed by atoms with Crippen molar-refractivity contribution in [1.82, 2.24) is 5.32 Å². The average molecular weight is 392 g/mol. The van der Waals surface area contributed by atoms with Crippen molar-refractivity contribution in [3.8, 4) is 0 Å². The van der Waals surface area contributed by atoms with Gasteiger partial charge in [0.25, 0.3) is 5.91 Å². The minimum atomic E-state index is -0.557. The molecule has 0 radical (unpaired) electrons. The van der Waals surface area contributed by atoms with Gasteiger partial charge in [-0.3, -0.25) is 4.79 Å². The zero-order chi connectivity index (χ0) is 20.5. The molecule has 0 fully saturated rings. The number of benzene rings is 2. The van der Waals surface area contributed by atoms with Crippen molar-refractivity contribution in [3.05, 3.63) is 89.9 Å². The number of nitrogens with one attached hydrogen (secondary N) is 2. The number of amides is 1. The Morgan fingerprint density at radius 1 is 1.00 bits per heavy atom. The maximum atomic E-state index is 12.4. The van der Waals surface area contributed by atoms with Gasteiger partial charge in [0.1, 0.15) is 5.76 Å². The summed E-state index contributed by atoms with van der Waals surface area (Å²) in [6, 6.07) is 20.6. The van der Waals surface area contributed by atoms with E-state index in [2.05, 4.69) is 10.6 Å². The molecule has 3 aromatic rings. The highest BCUT2D eigenvalue weighted by Gasteiger charge is 2.15. The first-order valence-corrected chi connectivity index (χ1v) is 9.47. The van der Waals surface area contributed by atoms with E-state index in [-0.39, 0.29) is 18.4 Å². The van der Waals surface area contributed by atoms with Gasteiger partial charge in [-0.05, 0) is 35.7 Å². The van der Waals surface area contributed by atoms with Crippen LogP contribution in [0.1, 0.15) is 34.5 Å². The zero-order valence-electron chi connectivity index (χ0n) is 16.3. The highest BCUT2D eigenvalue weighted by Crippen LogP contribution is 2.17. The Morgan fingerprint density at radius 3 is 2.52 bits per heavy atom. The van der Waals surface area contributed by atoms with Gasteiger partial charge in [0.05, 0.1) is 18.4 Å². The van der Waals surface area contributed by atoms with Crippen LogP contribution in [0.2, 0.25) is 0 Å². The maximum absolute atomic E-state index is 12.4. The molecular formula is C23H24N2O4. The van der Waals surface area contributed by atoms with Gasteiger partial charge < -0.3 is 19.8 Å². The van der Waals surface area contributed by atoms with Crippen molar-refractivity contribution < 1.29 is 18.7 Å². The van der Waals surface area contributed by atoms with E-state index in [1.807, 2.05) is 49.4 Å². The fraction of sp³-hybridized carbons (Fsp3) is 0.217. The van der Waals surface area contributed by atoms with Crippen LogP contribution in [0.25, 0.3) is 0 Å². The van der Waals surface area contributed by atoms with Crippen molar-refractivity contribution >= 4 is 17.6 Å². The predicted octanol–water partition coefficient (Wildman–Crippen LogP) is 3.97. The standard InChI is InChI=1S/C23H24N2O4/c1-17(18-8-3-2-4-9-18)14-25-22(26)16-29-23(27)20-11-5-6-12-21(20)24-15-19-10-7-13-28-19/h2-13,17,24H,14-16H2,1H3,(H,25,26). The van der Waals surface area contributed by atoms with Crippen molar-refractivity contribution in [2.24, 2.45) is 0 Å². The molecular weight excluding hydrogens is 368 g/mol. The van der Waals surface area contributed by atoms with Crippen LogP contribution >= 0.6 is 0 Å². The van der Waals surface area contributed by atoms with Gasteiger partial charge in [0.2, 0.25) is 0 Å². The molecule has 0 aliphatic heterocycles. The number of anilines is 1. The second kappa shape index (κ2) is 10.1. The van der Waals surface area contributed by atoms with Crippen LogP contribution in [-0.2, 0) is 16.1 Å². The third-order valence-electron chi connectivity index (χ3n) is 4.49. The van der Waals surface area contributed by atoms with E-state index in [0.29, 0.717) is 24.3 Å². The Kier molecular flexibility index (Phi) is 7.05. The second-order valence-electron chi connectivity index (χ2n) is 6.67. The van der Waals surface area contributed by atoms with Gasteiger partial charge in [0, 0.05) is 12.2 Å². The smallest absolute Gasteiger partial charge is 0.340 e. The van der Waals surface area contributed by atoms with Crippen LogP contribution in [0.4, 0.5) is 5.69 Å². The average Bonchev–Trinajstić information content (AvgIpc) is 3.29. The molecule has 1 unspecified atom stereocenters. The molecule has 0 bridgehead atoms. The number of hydrogen-bond donors (Lipinski definition) is 2. The molecule has 1 aromatic heterocycles. The van der Waals surface area contributed by atoms with Gasteiger partial charge in [-0.1, -0.05) is 49.4 Å². The van der Waals surface area contributed by atoms with Crippen molar-refractivity contribution in [1.29, 1.82) is 0 Å². The van der Waals surface area contributed by atoms with Crippen LogP contribution in [0.3, 0.4) is 0 Å². The number of para-hydroxylation sites is 1. The number of rotatable bonds is 9. The first-order valence-electron chi connectivity index (χ1n) is 9.47. The van der Waals surface area contributed by atoms with Gasteiger partial charge in [0.15, 0.2) is 6.61 Å². The van der Waals surface area contributed by atoms with Crippen molar-refractivity contribution in [2.75, 3.05) is 18.5 Å². The van der Waals surface area contributed by atoms with Crippen LogP contribution in [0.5, 0.6) is 0 Å². The topological polar surface area (TPSA) is 80.6 Å². The summed E-state index contributed by atoms with van der Waals surface area (Å²) < 4.78 is 10.5. The van der Waals surface area contributed by atoms with E-state index in [4.69, 9.17) is 9.15 Å². The number of hydrogen-bond acceptors (Lipinski definition) is 5. The summed E-state index contributed by atoms with van der Waals surface area (Å²) >= 11 is 0. The van der Waals surface area contributed by atoms with Gasteiger partial charge in [-0.2, -0.15) is 0 Å². The fourth-order valence-electron chi connectivity index (χ4n) is 2.84. The molecule has 6 nitrogen and oxygen atoms in total. The van der Waals surface area contributed by atoms with Crippen LogP contribution in [0, 0.1) is 0 Å². The van der Waals surface area contributed by atoms with E-state index >= 15 is 0 Å². The number of ether oxygens (including phenoxy) is 1. The summed E-state index contributed by atoms with van der Waals surface area (Å²) in [7, 11) is 0. The first kappa shape index (κ1) is 20.2. The Hall–Kier alpha value is -3.54. The lowest BCUT2D eigenvalue weighted by Gasteiger charge is -2.14. The summed E-state index contributed by atoms with van der Waals surface area (Å²) in [5.74, 6) is 0.0309. The van der Waals surface area contributed by atoms with Crippen LogP contribution < -0.4 is 10.6 Å². The SMILES string of the molecule is CC(CNC(=O)COC(=O)c1ccccc1NCc1ccco1)c1ccccc1. The monoisotopic (exact) mass is 392 g/mol. The van der Waals surface area contributed by atoms with Crippen LogP contribution in [0.15, 0.2) is 77.4 Å². The van der Waals surface area contributed by atoms with Gasteiger partial charge in [-0.25, -0.2) is 4.79 Å². The Balaban J connectivity index is 1.48. The van der Waals surface area contributed by atoms with Crippen molar-refractivity contribution in [2.45, 2.75) is 19.4 Å².